The molecule has 4 rings (SSSR count). The van der Waals surface area contributed by atoms with Crippen molar-refractivity contribution in [3.63, 3.8) is 0 Å². The highest BCUT2D eigenvalue weighted by atomic mass is 19.1. The first-order valence-corrected chi connectivity index (χ1v) is 10.9. The van der Waals surface area contributed by atoms with Crippen LogP contribution in [0.5, 0.6) is 0 Å². The Hall–Kier alpha value is -1.95. The predicted molar refractivity (Wildman–Crippen MR) is 109 cm³/mol. The molecule has 0 atom stereocenters. The van der Waals surface area contributed by atoms with Crippen LogP contribution in [0, 0.1) is 11.7 Å². The molecule has 0 radical (unpaired) electrons. The van der Waals surface area contributed by atoms with Crippen molar-refractivity contribution in [2.45, 2.75) is 63.8 Å². The lowest BCUT2D eigenvalue weighted by Gasteiger charge is -2.44. The Bertz CT molecular complexity index is 780. The quantitative estimate of drug-likeness (QED) is 0.725. The van der Waals surface area contributed by atoms with Gasteiger partial charge < -0.3 is 14.5 Å². The van der Waals surface area contributed by atoms with Crippen LogP contribution in [0.3, 0.4) is 0 Å². The summed E-state index contributed by atoms with van der Waals surface area (Å²) < 4.78 is 19.2. The molecule has 2 heterocycles. The standard InChI is InChI=1S/C23H31FN2O3/c1-3-29-22(28)17-4-7-19(8-5-17)25-12-10-23(11-13-25)15-26(16(2)27)21-9-6-18(24)14-20(21)23/h6,9,14,17,19H,3-5,7-8,10-13,15H2,1-2H3. The Morgan fingerprint density at radius 2 is 1.86 bits per heavy atom. The molecule has 3 aliphatic rings. The molecule has 1 aromatic rings. The number of amides is 1. The molecule has 2 aliphatic heterocycles. The van der Waals surface area contributed by atoms with Gasteiger partial charge in [0.25, 0.3) is 0 Å². The van der Waals surface area contributed by atoms with Gasteiger partial charge in [0.05, 0.1) is 12.5 Å². The molecule has 0 bridgehead atoms. The van der Waals surface area contributed by atoms with E-state index >= 15 is 0 Å². The Labute approximate surface area is 172 Å². The Morgan fingerprint density at radius 3 is 2.48 bits per heavy atom. The lowest BCUT2D eigenvalue weighted by atomic mass is 9.73. The highest BCUT2D eigenvalue weighted by Gasteiger charge is 2.46. The summed E-state index contributed by atoms with van der Waals surface area (Å²) in [6.45, 7) is 6.46. The lowest BCUT2D eigenvalue weighted by molar-refractivity contribution is -0.149. The number of ether oxygens (including phenoxy) is 1. The number of fused-ring (bicyclic) bond motifs is 2. The second kappa shape index (κ2) is 8.05. The van der Waals surface area contributed by atoms with Gasteiger partial charge in [0.15, 0.2) is 0 Å². The monoisotopic (exact) mass is 402 g/mol. The molecule has 29 heavy (non-hydrogen) atoms. The van der Waals surface area contributed by atoms with E-state index in [4.69, 9.17) is 4.74 Å². The molecule has 6 heteroatoms. The topological polar surface area (TPSA) is 49.9 Å². The number of carbonyl (C=O) groups excluding carboxylic acids is 2. The van der Waals surface area contributed by atoms with Crippen LogP contribution >= 0.6 is 0 Å². The minimum atomic E-state index is -0.228. The van der Waals surface area contributed by atoms with Gasteiger partial charge in [-0.25, -0.2) is 4.39 Å². The maximum Gasteiger partial charge on any atom is 0.308 e. The van der Waals surface area contributed by atoms with Crippen LogP contribution in [0.1, 0.15) is 57.9 Å². The van der Waals surface area contributed by atoms with Gasteiger partial charge in [-0.1, -0.05) is 0 Å². The smallest absolute Gasteiger partial charge is 0.308 e. The zero-order chi connectivity index (χ0) is 20.6. The number of benzene rings is 1. The van der Waals surface area contributed by atoms with Gasteiger partial charge in [-0.3, -0.25) is 9.59 Å². The molecule has 1 saturated carbocycles. The first kappa shape index (κ1) is 20.3. The van der Waals surface area contributed by atoms with Gasteiger partial charge in [-0.15, -0.1) is 0 Å². The average molecular weight is 403 g/mol. The highest BCUT2D eigenvalue weighted by Crippen LogP contribution is 2.48. The van der Waals surface area contributed by atoms with Crippen molar-refractivity contribution < 1.29 is 18.7 Å². The van der Waals surface area contributed by atoms with E-state index in [1.807, 2.05) is 11.8 Å². The number of carbonyl (C=O) groups is 2. The van der Waals surface area contributed by atoms with E-state index in [1.165, 1.54) is 6.07 Å². The van der Waals surface area contributed by atoms with Crippen molar-refractivity contribution in [3.05, 3.63) is 29.6 Å². The van der Waals surface area contributed by atoms with Crippen LogP contribution in [-0.4, -0.2) is 49.1 Å². The van der Waals surface area contributed by atoms with Crippen LogP contribution in [0.15, 0.2) is 18.2 Å². The van der Waals surface area contributed by atoms with E-state index in [0.29, 0.717) is 19.2 Å². The fourth-order valence-electron chi connectivity index (χ4n) is 5.60. The number of piperidine rings is 1. The fraction of sp³-hybridized carbons (Fsp3) is 0.652. The molecule has 0 unspecified atom stereocenters. The van der Waals surface area contributed by atoms with Crippen LogP contribution in [0.2, 0.25) is 0 Å². The normalized spacial score (nSPS) is 26.4. The summed E-state index contributed by atoms with van der Waals surface area (Å²) in [7, 11) is 0. The number of nitrogens with zero attached hydrogens (tertiary/aromatic N) is 2. The number of halogens is 1. The van der Waals surface area contributed by atoms with Gasteiger partial charge >= 0.3 is 5.97 Å². The number of anilines is 1. The van der Waals surface area contributed by atoms with Crippen LogP contribution < -0.4 is 4.90 Å². The molecule has 5 nitrogen and oxygen atoms in total. The number of esters is 1. The average Bonchev–Trinajstić information content (AvgIpc) is 3.03. The number of hydrogen-bond acceptors (Lipinski definition) is 4. The van der Waals surface area contributed by atoms with Crippen molar-refractivity contribution in [2.75, 3.05) is 31.1 Å². The summed E-state index contributed by atoms with van der Waals surface area (Å²) in [5.41, 5.74) is 1.74. The van der Waals surface area contributed by atoms with Crippen molar-refractivity contribution >= 4 is 17.6 Å². The highest BCUT2D eigenvalue weighted by molar-refractivity contribution is 5.94. The first-order valence-electron chi connectivity index (χ1n) is 10.9. The van der Waals surface area contributed by atoms with Crippen LogP contribution in [0.4, 0.5) is 10.1 Å². The summed E-state index contributed by atoms with van der Waals surface area (Å²) in [5.74, 6) is -0.198. The molecule has 2 fully saturated rings. The molecule has 1 amide bonds. The first-order chi connectivity index (χ1) is 13.9. The van der Waals surface area contributed by atoms with E-state index in [-0.39, 0.29) is 29.0 Å². The van der Waals surface area contributed by atoms with Gasteiger partial charge in [0.1, 0.15) is 5.82 Å². The van der Waals surface area contributed by atoms with E-state index < -0.39 is 0 Å². The van der Waals surface area contributed by atoms with Gasteiger partial charge in [0.2, 0.25) is 5.91 Å². The van der Waals surface area contributed by atoms with E-state index in [1.54, 1.807) is 19.1 Å². The molecular weight excluding hydrogens is 371 g/mol. The minimum absolute atomic E-state index is 0.0226. The Kier molecular flexibility index (Phi) is 5.65. The van der Waals surface area contributed by atoms with Gasteiger partial charge in [-0.05, 0) is 82.3 Å². The van der Waals surface area contributed by atoms with Gasteiger partial charge in [0, 0.05) is 30.6 Å². The van der Waals surface area contributed by atoms with Crippen molar-refractivity contribution in [1.29, 1.82) is 0 Å². The maximum absolute atomic E-state index is 14.0. The third-order valence-electron chi connectivity index (χ3n) is 7.25. The summed E-state index contributed by atoms with van der Waals surface area (Å²) >= 11 is 0. The molecule has 1 saturated heterocycles. The molecule has 0 N–H and O–H groups in total. The largest absolute Gasteiger partial charge is 0.466 e. The molecule has 0 aromatic heterocycles. The molecular formula is C23H31FN2O3. The molecule has 1 aliphatic carbocycles. The SMILES string of the molecule is CCOC(=O)C1CCC(N2CCC3(CC2)CN(C(C)=O)c2ccc(F)cc23)CC1. The number of likely N-dealkylation sites (tertiary alicyclic amines) is 1. The number of hydrogen-bond donors (Lipinski definition) is 0. The van der Waals surface area contributed by atoms with Crippen molar-refractivity contribution in [2.24, 2.45) is 5.92 Å². The fourth-order valence-corrected chi connectivity index (χ4v) is 5.60. The van der Waals surface area contributed by atoms with Crippen LogP contribution in [-0.2, 0) is 19.7 Å². The molecule has 158 valence electrons. The second-order valence-corrected chi connectivity index (χ2v) is 8.84. The maximum atomic E-state index is 14.0. The van der Waals surface area contributed by atoms with Crippen molar-refractivity contribution in [1.82, 2.24) is 4.90 Å². The van der Waals surface area contributed by atoms with Gasteiger partial charge in [-0.2, -0.15) is 0 Å². The second-order valence-electron chi connectivity index (χ2n) is 8.84. The predicted octanol–water partition coefficient (Wildman–Crippen LogP) is 3.65. The minimum Gasteiger partial charge on any atom is -0.466 e. The third-order valence-corrected chi connectivity index (χ3v) is 7.25. The molecule has 1 aromatic carbocycles. The van der Waals surface area contributed by atoms with Crippen LogP contribution in [0.25, 0.3) is 0 Å². The number of rotatable bonds is 3. The summed E-state index contributed by atoms with van der Waals surface area (Å²) in [6, 6.07) is 5.35. The zero-order valence-corrected chi connectivity index (χ0v) is 17.5. The van der Waals surface area contributed by atoms with E-state index in [0.717, 1.165) is 62.9 Å². The summed E-state index contributed by atoms with van der Waals surface area (Å²) in [4.78, 5) is 28.5. The summed E-state index contributed by atoms with van der Waals surface area (Å²) in [6.07, 6.45) is 5.73. The van der Waals surface area contributed by atoms with E-state index in [9.17, 15) is 14.0 Å². The van der Waals surface area contributed by atoms with E-state index in [2.05, 4.69) is 4.90 Å². The third kappa shape index (κ3) is 3.79. The lowest BCUT2D eigenvalue weighted by Crippen LogP contribution is -2.50. The Morgan fingerprint density at radius 1 is 1.17 bits per heavy atom. The zero-order valence-electron chi connectivity index (χ0n) is 17.5. The Balaban J connectivity index is 1.41. The summed E-state index contributed by atoms with van der Waals surface area (Å²) in [5, 5.41) is 0. The molecule has 1 spiro atoms. The van der Waals surface area contributed by atoms with Crippen molar-refractivity contribution in [3.8, 4) is 0 Å².